The van der Waals surface area contributed by atoms with E-state index in [-0.39, 0.29) is 24.0 Å². The van der Waals surface area contributed by atoms with Crippen LogP contribution >= 0.6 is 24.0 Å². The van der Waals surface area contributed by atoms with Gasteiger partial charge in [-0.3, -0.25) is 9.89 Å². The Bertz CT molecular complexity index is 262. The second kappa shape index (κ2) is 8.92. The van der Waals surface area contributed by atoms with E-state index in [0.29, 0.717) is 6.04 Å². The van der Waals surface area contributed by atoms with Crippen molar-refractivity contribution in [1.82, 2.24) is 15.5 Å². The minimum atomic E-state index is 0. The van der Waals surface area contributed by atoms with E-state index in [1.165, 1.54) is 19.4 Å². The van der Waals surface area contributed by atoms with Crippen LogP contribution in [0.5, 0.6) is 0 Å². The summed E-state index contributed by atoms with van der Waals surface area (Å²) in [4.78, 5) is 6.94. The van der Waals surface area contributed by atoms with Crippen LogP contribution in [0.25, 0.3) is 0 Å². The molecule has 2 rings (SSSR count). The summed E-state index contributed by atoms with van der Waals surface area (Å²) in [6.45, 7) is 6.07. The van der Waals surface area contributed by atoms with Crippen LogP contribution in [0.2, 0.25) is 0 Å². The average molecular weight is 368 g/mol. The molecular formula is C12H25IN4O. The van der Waals surface area contributed by atoms with Gasteiger partial charge in [0.25, 0.3) is 0 Å². The van der Waals surface area contributed by atoms with Crippen molar-refractivity contribution in [3.05, 3.63) is 0 Å². The molecule has 1 atom stereocenters. The summed E-state index contributed by atoms with van der Waals surface area (Å²) >= 11 is 0. The number of methoxy groups -OCH3 is 1. The summed E-state index contributed by atoms with van der Waals surface area (Å²) in [5.74, 6) is 0.981. The van der Waals surface area contributed by atoms with Gasteiger partial charge in [-0.2, -0.15) is 0 Å². The summed E-state index contributed by atoms with van der Waals surface area (Å²) in [5.41, 5.74) is 0. The highest BCUT2D eigenvalue weighted by Crippen LogP contribution is 2.15. The van der Waals surface area contributed by atoms with Gasteiger partial charge in [0.15, 0.2) is 5.96 Å². The third-order valence-electron chi connectivity index (χ3n) is 3.48. The molecule has 1 fully saturated rings. The van der Waals surface area contributed by atoms with Crippen molar-refractivity contribution in [1.29, 1.82) is 0 Å². The molecule has 18 heavy (non-hydrogen) atoms. The minimum absolute atomic E-state index is 0. The van der Waals surface area contributed by atoms with E-state index in [4.69, 9.17) is 4.74 Å². The first kappa shape index (κ1) is 16.0. The lowest BCUT2D eigenvalue weighted by Crippen LogP contribution is -2.47. The molecule has 106 valence electrons. The first-order valence-corrected chi connectivity index (χ1v) is 6.65. The standard InChI is InChI=1S/C12H24N4O.HI/c1-17-9-8-16-7-2-4-11(16)10-15-12-13-5-3-6-14-12;/h11H,2-10H2,1H3,(H2,13,14,15);1H. The number of ether oxygens (including phenoxy) is 1. The fourth-order valence-electron chi connectivity index (χ4n) is 2.49. The number of likely N-dealkylation sites (tertiary alicyclic amines) is 1. The summed E-state index contributed by atoms with van der Waals surface area (Å²) in [5, 5.41) is 6.72. The summed E-state index contributed by atoms with van der Waals surface area (Å²) in [6, 6.07) is 0.636. The number of rotatable bonds is 5. The molecule has 0 aromatic heterocycles. The summed E-state index contributed by atoms with van der Waals surface area (Å²) < 4.78 is 5.15. The van der Waals surface area contributed by atoms with Gasteiger partial charge in [-0.1, -0.05) is 0 Å². The number of aliphatic imine (C=N–C) groups is 1. The molecule has 6 heteroatoms. The molecular weight excluding hydrogens is 343 g/mol. The lowest BCUT2D eigenvalue weighted by Gasteiger charge is -2.25. The fraction of sp³-hybridized carbons (Fsp3) is 0.917. The molecule has 0 aromatic carbocycles. The second-order valence-electron chi connectivity index (χ2n) is 4.72. The Morgan fingerprint density at radius 1 is 1.50 bits per heavy atom. The van der Waals surface area contributed by atoms with Crippen LogP contribution in [0.15, 0.2) is 4.99 Å². The second-order valence-corrected chi connectivity index (χ2v) is 4.72. The Balaban J connectivity index is 0.00000162. The van der Waals surface area contributed by atoms with Gasteiger partial charge in [0, 0.05) is 39.3 Å². The minimum Gasteiger partial charge on any atom is -0.383 e. The molecule has 0 bridgehead atoms. The molecule has 5 nitrogen and oxygen atoms in total. The van der Waals surface area contributed by atoms with E-state index in [9.17, 15) is 0 Å². The van der Waals surface area contributed by atoms with Crippen LogP contribution in [0, 0.1) is 0 Å². The monoisotopic (exact) mass is 368 g/mol. The number of hydrogen-bond donors (Lipinski definition) is 2. The SMILES string of the molecule is COCCN1CCCC1CNC1=NCCCN1.I. The smallest absolute Gasteiger partial charge is 0.191 e. The van der Waals surface area contributed by atoms with Gasteiger partial charge < -0.3 is 15.4 Å². The zero-order valence-corrected chi connectivity index (χ0v) is 13.5. The largest absolute Gasteiger partial charge is 0.383 e. The van der Waals surface area contributed by atoms with Crippen LogP contribution < -0.4 is 10.6 Å². The molecule has 0 spiro atoms. The Labute approximate surface area is 127 Å². The summed E-state index contributed by atoms with van der Waals surface area (Å²) in [7, 11) is 1.77. The maximum atomic E-state index is 5.15. The van der Waals surface area contributed by atoms with Gasteiger partial charge >= 0.3 is 0 Å². The van der Waals surface area contributed by atoms with Crippen molar-refractivity contribution in [3.63, 3.8) is 0 Å². The van der Waals surface area contributed by atoms with Gasteiger partial charge in [-0.05, 0) is 25.8 Å². The number of hydrogen-bond acceptors (Lipinski definition) is 5. The molecule has 1 saturated heterocycles. The topological polar surface area (TPSA) is 48.9 Å². The quantitative estimate of drug-likeness (QED) is 0.700. The predicted octanol–water partition coefficient (Wildman–Crippen LogP) is 0.654. The van der Waals surface area contributed by atoms with E-state index >= 15 is 0 Å². The molecule has 2 aliphatic rings. The van der Waals surface area contributed by atoms with Crippen molar-refractivity contribution in [2.24, 2.45) is 4.99 Å². The molecule has 2 N–H and O–H groups in total. The van der Waals surface area contributed by atoms with E-state index in [1.54, 1.807) is 7.11 Å². The molecule has 0 aromatic rings. The number of nitrogens with one attached hydrogen (secondary N) is 2. The maximum absolute atomic E-state index is 5.15. The number of halogens is 1. The van der Waals surface area contributed by atoms with Crippen LogP contribution in [0.1, 0.15) is 19.3 Å². The lowest BCUT2D eigenvalue weighted by atomic mass is 10.2. The first-order chi connectivity index (χ1) is 8.40. The van der Waals surface area contributed by atoms with Crippen molar-refractivity contribution >= 4 is 29.9 Å². The highest BCUT2D eigenvalue weighted by Gasteiger charge is 2.24. The maximum Gasteiger partial charge on any atom is 0.191 e. The highest BCUT2D eigenvalue weighted by molar-refractivity contribution is 14.0. The molecule has 0 saturated carbocycles. The van der Waals surface area contributed by atoms with Crippen molar-refractivity contribution in [2.45, 2.75) is 25.3 Å². The summed E-state index contributed by atoms with van der Waals surface area (Å²) in [6.07, 6.45) is 3.73. The molecule has 2 heterocycles. The predicted molar refractivity (Wildman–Crippen MR) is 84.8 cm³/mol. The average Bonchev–Trinajstić information content (AvgIpc) is 2.82. The number of nitrogens with zero attached hydrogens (tertiary/aromatic N) is 2. The Hall–Kier alpha value is -0.0800. The molecule has 0 amide bonds. The van der Waals surface area contributed by atoms with E-state index in [0.717, 1.165) is 45.2 Å². The number of guanidine groups is 1. The normalized spacial score (nSPS) is 24.1. The van der Waals surface area contributed by atoms with Crippen LogP contribution in [0.4, 0.5) is 0 Å². The Morgan fingerprint density at radius 3 is 3.11 bits per heavy atom. The Morgan fingerprint density at radius 2 is 2.39 bits per heavy atom. The first-order valence-electron chi connectivity index (χ1n) is 6.65. The van der Waals surface area contributed by atoms with E-state index in [1.807, 2.05) is 0 Å². The molecule has 0 aliphatic carbocycles. The molecule has 1 unspecified atom stereocenters. The fourth-order valence-corrected chi connectivity index (χ4v) is 2.49. The third-order valence-corrected chi connectivity index (χ3v) is 3.48. The highest BCUT2D eigenvalue weighted by atomic mass is 127. The van der Waals surface area contributed by atoms with Gasteiger partial charge in [-0.25, -0.2) is 0 Å². The van der Waals surface area contributed by atoms with Crippen molar-refractivity contribution in [3.8, 4) is 0 Å². The Kier molecular flexibility index (Phi) is 7.92. The van der Waals surface area contributed by atoms with E-state index in [2.05, 4.69) is 20.5 Å². The van der Waals surface area contributed by atoms with E-state index < -0.39 is 0 Å². The van der Waals surface area contributed by atoms with Gasteiger partial charge in [0.05, 0.1) is 6.61 Å². The zero-order valence-electron chi connectivity index (χ0n) is 11.2. The van der Waals surface area contributed by atoms with Crippen LogP contribution in [-0.4, -0.2) is 63.3 Å². The van der Waals surface area contributed by atoms with Crippen LogP contribution in [0.3, 0.4) is 0 Å². The van der Waals surface area contributed by atoms with Crippen molar-refractivity contribution < 1.29 is 4.74 Å². The van der Waals surface area contributed by atoms with Gasteiger partial charge in [-0.15, -0.1) is 24.0 Å². The van der Waals surface area contributed by atoms with Crippen LogP contribution in [-0.2, 0) is 4.74 Å². The zero-order chi connectivity index (χ0) is 11.9. The lowest BCUT2D eigenvalue weighted by molar-refractivity contribution is 0.141. The van der Waals surface area contributed by atoms with Gasteiger partial charge in [0.1, 0.15) is 0 Å². The molecule has 0 radical (unpaired) electrons. The van der Waals surface area contributed by atoms with Crippen molar-refractivity contribution in [2.75, 3.05) is 46.4 Å². The van der Waals surface area contributed by atoms with Gasteiger partial charge in [0.2, 0.25) is 0 Å². The molecule has 2 aliphatic heterocycles. The third kappa shape index (κ3) is 4.89.